The third-order valence-electron chi connectivity index (χ3n) is 3.18. The lowest BCUT2D eigenvalue weighted by molar-refractivity contribution is -0.119. The van der Waals surface area contributed by atoms with Crippen molar-refractivity contribution >= 4 is 5.91 Å². The molecule has 0 radical (unpaired) electrons. The maximum absolute atomic E-state index is 10.6. The van der Waals surface area contributed by atoms with Gasteiger partial charge in [-0.3, -0.25) is 9.48 Å². The number of carbonyl (C=O) groups excluding carboxylic acids is 1. The lowest BCUT2D eigenvalue weighted by atomic mass is 10.2. The number of aryl methyl sites for hydroxylation is 1. The van der Waals surface area contributed by atoms with Gasteiger partial charge < -0.3 is 15.8 Å². The summed E-state index contributed by atoms with van der Waals surface area (Å²) < 4.78 is 7.16. The van der Waals surface area contributed by atoms with Gasteiger partial charge in [0.1, 0.15) is 5.75 Å². The highest BCUT2D eigenvalue weighted by Crippen LogP contribution is 2.12. The number of nitrogens with two attached hydrogens (primary N) is 1. The molecule has 0 spiro atoms. The van der Waals surface area contributed by atoms with Gasteiger partial charge >= 0.3 is 0 Å². The highest BCUT2D eigenvalue weighted by atomic mass is 16.5. The first-order chi connectivity index (χ1) is 10.5. The highest BCUT2D eigenvalue weighted by molar-refractivity contribution is 5.75. The Morgan fingerprint density at radius 1 is 1.41 bits per heavy atom. The Morgan fingerprint density at radius 3 is 2.73 bits per heavy atom. The predicted octanol–water partition coefficient (Wildman–Crippen LogP) is 1.23. The van der Waals surface area contributed by atoms with E-state index in [2.05, 4.69) is 17.3 Å². The molecule has 0 saturated heterocycles. The minimum absolute atomic E-state index is 0.0993. The Balaban J connectivity index is 1.77. The van der Waals surface area contributed by atoms with Crippen LogP contribution in [0.2, 0.25) is 0 Å². The fourth-order valence-electron chi connectivity index (χ4n) is 2.06. The van der Waals surface area contributed by atoms with Gasteiger partial charge in [0.15, 0.2) is 6.61 Å². The molecular weight excluding hydrogens is 280 g/mol. The molecule has 3 N–H and O–H groups in total. The van der Waals surface area contributed by atoms with Crippen LogP contribution >= 0.6 is 0 Å². The number of nitrogens with zero attached hydrogens (tertiary/aromatic N) is 2. The van der Waals surface area contributed by atoms with Crippen LogP contribution in [0.1, 0.15) is 18.1 Å². The van der Waals surface area contributed by atoms with E-state index in [0.29, 0.717) is 11.8 Å². The summed E-state index contributed by atoms with van der Waals surface area (Å²) in [6.07, 6.45) is 3.89. The number of ether oxygens (including phenoxy) is 1. The third kappa shape index (κ3) is 5.21. The lowest BCUT2D eigenvalue weighted by Crippen LogP contribution is -2.30. The van der Waals surface area contributed by atoms with Crippen LogP contribution in [0.4, 0.5) is 0 Å². The fraction of sp³-hybridized carbons (Fsp3) is 0.375. The molecule has 1 heterocycles. The number of nitrogens with one attached hydrogen (secondary N) is 1. The molecule has 2 rings (SSSR count). The van der Waals surface area contributed by atoms with E-state index in [0.717, 1.165) is 18.7 Å². The van der Waals surface area contributed by atoms with Crippen LogP contribution in [0.5, 0.6) is 5.75 Å². The molecule has 0 saturated carbocycles. The van der Waals surface area contributed by atoms with Crippen molar-refractivity contribution in [2.75, 3.05) is 6.61 Å². The summed E-state index contributed by atoms with van der Waals surface area (Å²) in [5.41, 5.74) is 7.35. The topological polar surface area (TPSA) is 82.2 Å². The fourth-order valence-corrected chi connectivity index (χ4v) is 2.06. The molecule has 0 aliphatic carbocycles. The normalized spacial score (nSPS) is 12.1. The molecule has 6 nitrogen and oxygen atoms in total. The van der Waals surface area contributed by atoms with Crippen molar-refractivity contribution in [2.24, 2.45) is 5.73 Å². The zero-order valence-corrected chi connectivity index (χ0v) is 13.0. The molecule has 22 heavy (non-hydrogen) atoms. The summed E-state index contributed by atoms with van der Waals surface area (Å²) in [6, 6.07) is 7.91. The van der Waals surface area contributed by atoms with Crippen LogP contribution in [0.3, 0.4) is 0 Å². The summed E-state index contributed by atoms with van der Waals surface area (Å²) in [5, 5.41) is 7.73. The molecule has 0 unspecified atom stereocenters. The summed E-state index contributed by atoms with van der Waals surface area (Å²) in [5.74, 6) is 0.163. The van der Waals surface area contributed by atoms with Gasteiger partial charge in [0, 0.05) is 18.8 Å². The molecule has 1 atom stereocenters. The van der Waals surface area contributed by atoms with Gasteiger partial charge in [-0.25, -0.2) is 0 Å². The van der Waals surface area contributed by atoms with Crippen molar-refractivity contribution in [3.63, 3.8) is 0 Å². The van der Waals surface area contributed by atoms with E-state index in [4.69, 9.17) is 10.5 Å². The van der Waals surface area contributed by atoms with E-state index < -0.39 is 5.91 Å². The molecule has 1 aromatic carbocycles. The number of hydrogen-bond donors (Lipinski definition) is 2. The Labute approximate surface area is 130 Å². The number of rotatable bonds is 8. The van der Waals surface area contributed by atoms with Gasteiger partial charge in [-0.05, 0) is 37.1 Å². The second kappa shape index (κ2) is 7.61. The zero-order chi connectivity index (χ0) is 15.9. The second-order valence-corrected chi connectivity index (χ2v) is 5.42. The molecule has 1 aromatic heterocycles. The van der Waals surface area contributed by atoms with E-state index in [-0.39, 0.29) is 6.61 Å². The molecular formula is C16H22N4O2. The second-order valence-electron chi connectivity index (χ2n) is 5.42. The first-order valence-electron chi connectivity index (χ1n) is 7.25. The zero-order valence-electron chi connectivity index (χ0n) is 13.0. The first-order valence-corrected chi connectivity index (χ1v) is 7.25. The molecule has 118 valence electrons. The minimum atomic E-state index is -0.478. The van der Waals surface area contributed by atoms with E-state index in [1.807, 2.05) is 48.3 Å². The Kier molecular flexibility index (Phi) is 5.55. The SMILES string of the molecule is Cc1cnn(C[C@H](C)NCc2ccc(OCC(N)=O)cc2)c1. The predicted molar refractivity (Wildman–Crippen MR) is 84.4 cm³/mol. The van der Waals surface area contributed by atoms with E-state index in [1.54, 1.807) is 0 Å². The first kappa shape index (κ1) is 16.0. The monoisotopic (exact) mass is 302 g/mol. The standard InChI is InChI=1S/C16H22N4O2/c1-12-7-19-20(9-12)10-13(2)18-8-14-3-5-15(6-4-14)22-11-16(17)21/h3-7,9,13,18H,8,10-11H2,1-2H3,(H2,17,21)/t13-/m0/s1. The molecule has 0 aliphatic heterocycles. The van der Waals surface area contributed by atoms with Crippen molar-refractivity contribution in [2.45, 2.75) is 33.0 Å². The largest absolute Gasteiger partial charge is 0.484 e. The van der Waals surface area contributed by atoms with Crippen LogP contribution in [-0.2, 0) is 17.9 Å². The molecule has 0 bridgehead atoms. The number of benzene rings is 1. The van der Waals surface area contributed by atoms with Gasteiger partial charge in [-0.1, -0.05) is 12.1 Å². The molecule has 2 aromatic rings. The number of aromatic nitrogens is 2. The van der Waals surface area contributed by atoms with Gasteiger partial charge in [0.05, 0.1) is 12.7 Å². The van der Waals surface area contributed by atoms with Gasteiger partial charge in [-0.2, -0.15) is 5.10 Å². The Hall–Kier alpha value is -2.34. The van der Waals surface area contributed by atoms with Crippen molar-refractivity contribution in [1.29, 1.82) is 0 Å². The van der Waals surface area contributed by atoms with Crippen LogP contribution in [0.15, 0.2) is 36.7 Å². The quantitative estimate of drug-likeness (QED) is 0.768. The van der Waals surface area contributed by atoms with Crippen molar-refractivity contribution in [1.82, 2.24) is 15.1 Å². The van der Waals surface area contributed by atoms with Gasteiger partial charge in [0.25, 0.3) is 5.91 Å². The molecule has 0 fully saturated rings. The number of hydrogen-bond acceptors (Lipinski definition) is 4. The maximum atomic E-state index is 10.6. The van der Waals surface area contributed by atoms with Crippen molar-refractivity contribution in [3.05, 3.63) is 47.8 Å². The lowest BCUT2D eigenvalue weighted by Gasteiger charge is -2.14. The highest BCUT2D eigenvalue weighted by Gasteiger charge is 2.04. The minimum Gasteiger partial charge on any atom is -0.484 e. The smallest absolute Gasteiger partial charge is 0.255 e. The summed E-state index contributed by atoms with van der Waals surface area (Å²) in [6.45, 7) is 5.65. The van der Waals surface area contributed by atoms with Crippen LogP contribution in [0, 0.1) is 6.92 Å². The Bertz CT molecular complexity index is 607. The van der Waals surface area contributed by atoms with E-state index in [1.165, 1.54) is 5.56 Å². The average molecular weight is 302 g/mol. The summed E-state index contributed by atoms with van der Waals surface area (Å²) >= 11 is 0. The third-order valence-corrected chi connectivity index (χ3v) is 3.18. The summed E-state index contributed by atoms with van der Waals surface area (Å²) in [4.78, 5) is 10.6. The van der Waals surface area contributed by atoms with Crippen LogP contribution in [0.25, 0.3) is 0 Å². The molecule has 1 amide bonds. The van der Waals surface area contributed by atoms with Gasteiger partial charge in [-0.15, -0.1) is 0 Å². The molecule has 6 heteroatoms. The van der Waals surface area contributed by atoms with Crippen molar-refractivity contribution in [3.8, 4) is 5.75 Å². The summed E-state index contributed by atoms with van der Waals surface area (Å²) in [7, 11) is 0. The Morgan fingerprint density at radius 2 is 2.14 bits per heavy atom. The average Bonchev–Trinajstić information content (AvgIpc) is 2.89. The van der Waals surface area contributed by atoms with Crippen LogP contribution in [-0.4, -0.2) is 28.3 Å². The van der Waals surface area contributed by atoms with Crippen LogP contribution < -0.4 is 15.8 Å². The van der Waals surface area contributed by atoms with E-state index >= 15 is 0 Å². The number of carbonyl (C=O) groups is 1. The molecule has 0 aliphatic rings. The number of amides is 1. The number of primary amides is 1. The van der Waals surface area contributed by atoms with Crippen molar-refractivity contribution < 1.29 is 9.53 Å². The van der Waals surface area contributed by atoms with E-state index in [9.17, 15) is 4.79 Å². The van der Waals surface area contributed by atoms with Gasteiger partial charge in [0.2, 0.25) is 0 Å². The maximum Gasteiger partial charge on any atom is 0.255 e.